The van der Waals surface area contributed by atoms with E-state index >= 15 is 0 Å². The first kappa shape index (κ1) is 28.8. The number of piperidine rings is 1. The molecule has 0 aromatic heterocycles. The fraction of sp³-hybridized carbons (Fsp3) is 0.360. The second-order valence-corrected chi connectivity index (χ2v) is 11.0. The van der Waals surface area contributed by atoms with Gasteiger partial charge in [0.2, 0.25) is 10.0 Å². The van der Waals surface area contributed by atoms with Gasteiger partial charge < -0.3 is 20.5 Å². The third kappa shape index (κ3) is 8.10. The molecule has 0 saturated carbocycles. The fourth-order valence-electron chi connectivity index (χ4n) is 3.79. The van der Waals surface area contributed by atoms with Crippen LogP contribution in [0.2, 0.25) is 10.0 Å². The van der Waals surface area contributed by atoms with Crippen LogP contribution in [0, 0.1) is 5.41 Å². The van der Waals surface area contributed by atoms with Crippen molar-refractivity contribution in [2.45, 2.75) is 25.9 Å². The molecule has 1 saturated heterocycles. The van der Waals surface area contributed by atoms with Gasteiger partial charge in [-0.1, -0.05) is 53.6 Å². The molecule has 0 unspecified atom stereocenters. The summed E-state index contributed by atoms with van der Waals surface area (Å²) in [5, 5.41) is 11.2. The first-order valence-corrected chi connectivity index (χ1v) is 14.1. The van der Waals surface area contributed by atoms with E-state index in [9.17, 15) is 13.2 Å². The quantitative estimate of drug-likeness (QED) is 0.213. The molecule has 0 atom stereocenters. The van der Waals surface area contributed by atoms with Gasteiger partial charge >= 0.3 is 5.97 Å². The van der Waals surface area contributed by atoms with E-state index in [1.54, 1.807) is 43.3 Å². The molecule has 12 heteroatoms. The number of esters is 1. The zero-order chi connectivity index (χ0) is 27.0. The van der Waals surface area contributed by atoms with Crippen molar-refractivity contribution in [2.24, 2.45) is 5.73 Å². The molecule has 2 aromatic carbocycles. The van der Waals surface area contributed by atoms with Crippen LogP contribution < -0.4 is 20.1 Å². The predicted octanol–water partition coefficient (Wildman–Crippen LogP) is 3.82. The Morgan fingerprint density at radius 3 is 2.51 bits per heavy atom. The van der Waals surface area contributed by atoms with Gasteiger partial charge in [-0.05, 0) is 56.6 Å². The molecule has 0 spiro atoms. The van der Waals surface area contributed by atoms with Crippen LogP contribution in [-0.2, 0) is 19.6 Å². The van der Waals surface area contributed by atoms with E-state index in [1.807, 2.05) is 0 Å². The van der Waals surface area contributed by atoms with Gasteiger partial charge in [0.05, 0.1) is 28.9 Å². The lowest BCUT2D eigenvalue weighted by Crippen LogP contribution is -2.36. The zero-order valence-corrected chi connectivity index (χ0v) is 22.7. The molecule has 200 valence electrons. The number of nitrogens with one attached hydrogen (secondary N) is 2. The number of ether oxygens (including phenoxy) is 2. The van der Waals surface area contributed by atoms with Crippen LogP contribution in [0.1, 0.15) is 30.9 Å². The van der Waals surface area contributed by atoms with Crippen molar-refractivity contribution >= 4 is 56.8 Å². The Balaban J connectivity index is 1.91. The smallest absolute Gasteiger partial charge is 0.323 e. The molecule has 2 aromatic rings. The second-order valence-electron chi connectivity index (χ2n) is 8.34. The van der Waals surface area contributed by atoms with Gasteiger partial charge in [-0.15, -0.1) is 0 Å². The standard InChI is InChI=1S/C25H30Cl2N4O5S/c1-2-35-23(32)16-37(33,34)31(12-4-6-17-5-3-7-18(13-17)25(28)29)19-14-21(26)24(22(27)15-19)36-20-8-10-30-11-9-20/h3-7,13-15,20,30H,2,8-12,16H2,1H3,(H3,28,29). The predicted molar refractivity (Wildman–Crippen MR) is 147 cm³/mol. The van der Waals surface area contributed by atoms with Crippen molar-refractivity contribution in [3.8, 4) is 5.75 Å². The highest BCUT2D eigenvalue weighted by molar-refractivity contribution is 7.93. The molecule has 4 N–H and O–H groups in total. The van der Waals surface area contributed by atoms with E-state index < -0.39 is 21.7 Å². The molecule has 37 heavy (non-hydrogen) atoms. The number of hydrogen-bond donors (Lipinski definition) is 3. The van der Waals surface area contributed by atoms with Crippen molar-refractivity contribution in [2.75, 3.05) is 36.3 Å². The number of anilines is 1. The molecule has 1 heterocycles. The van der Waals surface area contributed by atoms with E-state index in [0.29, 0.717) is 11.3 Å². The molecule has 0 aliphatic carbocycles. The van der Waals surface area contributed by atoms with Crippen molar-refractivity contribution < 1.29 is 22.7 Å². The number of sulfonamides is 1. The lowest BCUT2D eigenvalue weighted by Gasteiger charge is -2.27. The molecule has 0 bridgehead atoms. The minimum Gasteiger partial charge on any atom is -0.487 e. The molecule has 1 fully saturated rings. The number of halogens is 2. The number of hydrogen-bond acceptors (Lipinski definition) is 7. The summed E-state index contributed by atoms with van der Waals surface area (Å²) in [5.41, 5.74) is 6.99. The van der Waals surface area contributed by atoms with Gasteiger partial charge in [0, 0.05) is 5.56 Å². The molecule has 0 radical (unpaired) electrons. The molecule has 1 aliphatic heterocycles. The zero-order valence-electron chi connectivity index (χ0n) is 20.4. The van der Waals surface area contributed by atoms with Crippen molar-refractivity contribution in [1.29, 1.82) is 5.41 Å². The van der Waals surface area contributed by atoms with Gasteiger partial charge in [0.25, 0.3) is 0 Å². The third-order valence-corrected chi connectivity index (χ3v) is 7.76. The Hall–Kier alpha value is -2.79. The van der Waals surface area contributed by atoms with Crippen LogP contribution in [-0.4, -0.2) is 58.3 Å². The van der Waals surface area contributed by atoms with Gasteiger partial charge in [0.1, 0.15) is 11.9 Å². The summed E-state index contributed by atoms with van der Waals surface area (Å²) in [6.07, 6.45) is 4.84. The molecule has 1 aliphatic rings. The van der Waals surface area contributed by atoms with Gasteiger partial charge in [0.15, 0.2) is 11.5 Å². The summed E-state index contributed by atoms with van der Waals surface area (Å²) in [6.45, 7) is 3.17. The van der Waals surface area contributed by atoms with Crippen LogP contribution in [0.15, 0.2) is 42.5 Å². The third-order valence-electron chi connectivity index (χ3n) is 5.56. The lowest BCUT2D eigenvalue weighted by atomic mass is 10.1. The summed E-state index contributed by atoms with van der Waals surface area (Å²) in [7, 11) is -4.16. The van der Waals surface area contributed by atoms with Crippen molar-refractivity contribution in [1.82, 2.24) is 5.32 Å². The normalized spacial score (nSPS) is 14.5. The second kappa shape index (κ2) is 13.1. The van der Waals surface area contributed by atoms with E-state index in [1.165, 1.54) is 12.1 Å². The molecular formula is C25H30Cl2N4O5S. The SMILES string of the molecule is CCOC(=O)CS(=O)(=O)N(CC=Cc1cccc(C(=N)N)c1)c1cc(Cl)c(OC2CCNCC2)c(Cl)c1. The summed E-state index contributed by atoms with van der Waals surface area (Å²) in [4.78, 5) is 12.0. The minimum absolute atomic E-state index is 0.0561. The average molecular weight is 570 g/mol. The number of benzene rings is 2. The number of carbonyl (C=O) groups is 1. The number of rotatable bonds is 11. The van der Waals surface area contributed by atoms with E-state index in [4.69, 9.17) is 43.8 Å². The van der Waals surface area contributed by atoms with Crippen LogP contribution in [0.5, 0.6) is 5.75 Å². The number of nitrogens with two attached hydrogens (primary N) is 1. The van der Waals surface area contributed by atoms with Crippen molar-refractivity contribution in [3.63, 3.8) is 0 Å². The van der Waals surface area contributed by atoms with Gasteiger partial charge in [-0.2, -0.15) is 0 Å². The maximum atomic E-state index is 13.2. The van der Waals surface area contributed by atoms with E-state index in [0.717, 1.165) is 35.8 Å². The number of nitrogen functional groups attached to an aromatic ring is 1. The van der Waals surface area contributed by atoms with Crippen LogP contribution in [0.4, 0.5) is 5.69 Å². The molecule has 0 amide bonds. The Bertz CT molecular complexity index is 1240. The maximum Gasteiger partial charge on any atom is 0.323 e. The maximum absolute atomic E-state index is 13.2. The molecule has 9 nitrogen and oxygen atoms in total. The fourth-order valence-corrected chi connectivity index (χ4v) is 5.63. The summed E-state index contributed by atoms with van der Waals surface area (Å²) >= 11 is 13.0. The number of amidine groups is 1. The van der Waals surface area contributed by atoms with Crippen molar-refractivity contribution in [3.05, 3.63) is 63.6 Å². The largest absolute Gasteiger partial charge is 0.487 e. The molecule has 3 rings (SSSR count). The van der Waals surface area contributed by atoms with Crippen LogP contribution in [0.3, 0.4) is 0 Å². The summed E-state index contributed by atoms with van der Waals surface area (Å²) in [5.74, 6) is -1.51. The van der Waals surface area contributed by atoms with Gasteiger partial charge in [-0.25, -0.2) is 8.42 Å². The molecular weight excluding hydrogens is 539 g/mol. The topological polar surface area (TPSA) is 135 Å². The highest BCUT2D eigenvalue weighted by Gasteiger charge is 2.28. The summed E-state index contributed by atoms with van der Waals surface area (Å²) in [6, 6.07) is 9.85. The lowest BCUT2D eigenvalue weighted by molar-refractivity contribution is -0.139. The average Bonchev–Trinajstić information content (AvgIpc) is 2.84. The van der Waals surface area contributed by atoms with Gasteiger partial charge in [-0.3, -0.25) is 14.5 Å². The first-order chi connectivity index (χ1) is 17.6. The van der Waals surface area contributed by atoms with Crippen LogP contribution >= 0.6 is 23.2 Å². The first-order valence-electron chi connectivity index (χ1n) is 11.7. The van der Waals surface area contributed by atoms with E-state index in [2.05, 4.69) is 5.32 Å². The number of carbonyl (C=O) groups excluding carboxylic acids is 1. The Morgan fingerprint density at radius 1 is 1.22 bits per heavy atom. The monoisotopic (exact) mass is 568 g/mol. The highest BCUT2D eigenvalue weighted by atomic mass is 35.5. The highest BCUT2D eigenvalue weighted by Crippen LogP contribution is 2.39. The number of nitrogens with zero attached hydrogens (tertiary/aromatic N) is 1. The Kier molecular flexibility index (Phi) is 10.2. The van der Waals surface area contributed by atoms with E-state index in [-0.39, 0.29) is 40.8 Å². The van der Waals surface area contributed by atoms with Crippen LogP contribution in [0.25, 0.3) is 6.08 Å². The Labute approximate surface area is 227 Å². The minimum atomic E-state index is -4.16. The Morgan fingerprint density at radius 2 is 1.89 bits per heavy atom. The summed E-state index contributed by atoms with van der Waals surface area (Å²) < 4.78 is 38.4.